The van der Waals surface area contributed by atoms with Crippen molar-refractivity contribution in [3.8, 4) is 11.5 Å². The van der Waals surface area contributed by atoms with E-state index < -0.39 is 6.61 Å². The van der Waals surface area contributed by atoms with Gasteiger partial charge in [0.15, 0.2) is 6.61 Å². The molecule has 0 fully saturated rings. The fourth-order valence-corrected chi connectivity index (χ4v) is 1.96. The molecule has 0 atom stereocenters. The highest BCUT2D eigenvalue weighted by molar-refractivity contribution is 5.77. The average Bonchev–Trinajstić information content (AvgIpc) is 2.51. The summed E-state index contributed by atoms with van der Waals surface area (Å²) in [6.07, 6.45) is 0. The van der Waals surface area contributed by atoms with Crippen LogP contribution in [0.4, 0.5) is 8.78 Å². The second-order valence-electron chi connectivity index (χ2n) is 4.87. The second kappa shape index (κ2) is 8.12. The average molecular weight is 321 g/mol. The van der Waals surface area contributed by atoms with E-state index in [1.54, 1.807) is 24.3 Å². The maximum absolute atomic E-state index is 12.3. The molecule has 0 heterocycles. The van der Waals surface area contributed by atoms with Gasteiger partial charge >= 0.3 is 6.61 Å². The van der Waals surface area contributed by atoms with E-state index >= 15 is 0 Å². The van der Waals surface area contributed by atoms with E-state index in [9.17, 15) is 13.6 Å². The molecular formula is C17H17F2NO3. The van der Waals surface area contributed by atoms with E-state index in [4.69, 9.17) is 4.74 Å². The van der Waals surface area contributed by atoms with Crippen molar-refractivity contribution < 1.29 is 23.0 Å². The number of halogens is 2. The molecule has 6 heteroatoms. The lowest BCUT2D eigenvalue weighted by Gasteiger charge is -2.12. The molecule has 0 unspecified atom stereocenters. The largest absolute Gasteiger partial charge is 0.484 e. The molecule has 0 radical (unpaired) electrons. The molecular weight excluding hydrogens is 304 g/mol. The van der Waals surface area contributed by atoms with Gasteiger partial charge in [0.2, 0.25) is 0 Å². The summed E-state index contributed by atoms with van der Waals surface area (Å²) >= 11 is 0. The van der Waals surface area contributed by atoms with Crippen LogP contribution in [-0.2, 0) is 11.3 Å². The molecule has 2 aromatic carbocycles. The van der Waals surface area contributed by atoms with E-state index in [1.165, 1.54) is 6.07 Å². The van der Waals surface area contributed by atoms with Crippen LogP contribution < -0.4 is 14.8 Å². The zero-order valence-corrected chi connectivity index (χ0v) is 12.6. The minimum atomic E-state index is -2.91. The summed E-state index contributed by atoms with van der Waals surface area (Å²) in [7, 11) is 0. The van der Waals surface area contributed by atoms with E-state index in [-0.39, 0.29) is 24.8 Å². The van der Waals surface area contributed by atoms with Gasteiger partial charge in [0.1, 0.15) is 11.5 Å². The van der Waals surface area contributed by atoms with Crippen molar-refractivity contribution in [1.29, 1.82) is 0 Å². The van der Waals surface area contributed by atoms with E-state index in [0.29, 0.717) is 11.3 Å². The number of carbonyl (C=O) groups is 1. The highest BCUT2D eigenvalue weighted by Crippen LogP contribution is 2.20. The lowest BCUT2D eigenvalue weighted by atomic mass is 10.2. The first-order valence-electron chi connectivity index (χ1n) is 7.03. The number of alkyl halides is 2. The number of rotatable bonds is 7. The Morgan fingerprint density at radius 1 is 1.17 bits per heavy atom. The maximum Gasteiger partial charge on any atom is 0.387 e. The topological polar surface area (TPSA) is 47.6 Å². The molecule has 0 aromatic heterocycles. The number of ether oxygens (including phenoxy) is 2. The Balaban J connectivity index is 1.85. The normalized spacial score (nSPS) is 10.4. The number of para-hydroxylation sites is 1. The Bertz CT molecular complexity index is 662. The van der Waals surface area contributed by atoms with Crippen molar-refractivity contribution in [2.75, 3.05) is 6.61 Å². The van der Waals surface area contributed by atoms with Crippen molar-refractivity contribution in [3.05, 3.63) is 59.7 Å². The molecule has 1 N–H and O–H groups in total. The third kappa shape index (κ3) is 5.58. The molecule has 23 heavy (non-hydrogen) atoms. The van der Waals surface area contributed by atoms with Gasteiger partial charge in [0, 0.05) is 12.1 Å². The summed E-state index contributed by atoms with van der Waals surface area (Å²) in [5.74, 6) is 0.294. The predicted molar refractivity (Wildman–Crippen MR) is 81.6 cm³/mol. The van der Waals surface area contributed by atoms with Crippen LogP contribution in [0.5, 0.6) is 11.5 Å². The first kappa shape index (κ1) is 16.7. The first-order valence-corrected chi connectivity index (χ1v) is 7.03. The summed E-state index contributed by atoms with van der Waals surface area (Å²) in [6.45, 7) is -1.05. The molecule has 4 nitrogen and oxygen atoms in total. The standard InChI is InChI=1S/C17H17F2NO3/c1-12-5-4-7-14(9-12)22-11-16(21)20-10-13-6-2-3-8-15(13)23-17(18)19/h2-9,17H,10-11H2,1H3,(H,20,21). The molecule has 0 bridgehead atoms. The Labute approximate surface area is 133 Å². The summed E-state index contributed by atoms with van der Waals surface area (Å²) in [5.41, 5.74) is 1.50. The van der Waals surface area contributed by atoms with E-state index in [0.717, 1.165) is 5.56 Å². The zero-order valence-electron chi connectivity index (χ0n) is 12.6. The fourth-order valence-electron chi connectivity index (χ4n) is 1.96. The van der Waals surface area contributed by atoms with Crippen LogP contribution in [0.15, 0.2) is 48.5 Å². The zero-order chi connectivity index (χ0) is 16.7. The van der Waals surface area contributed by atoms with Crippen LogP contribution in [0, 0.1) is 6.92 Å². The summed E-state index contributed by atoms with van der Waals surface area (Å²) in [4.78, 5) is 11.8. The van der Waals surface area contributed by atoms with Gasteiger partial charge in [-0.25, -0.2) is 0 Å². The molecule has 2 aromatic rings. The first-order chi connectivity index (χ1) is 11.0. The van der Waals surface area contributed by atoms with Crippen LogP contribution in [0.1, 0.15) is 11.1 Å². The van der Waals surface area contributed by atoms with Gasteiger partial charge in [-0.3, -0.25) is 4.79 Å². The van der Waals surface area contributed by atoms with E-state index in [2.05, 4.69) is 10.1 Å². The molecule has 0 saturated carbocycles. The Morgan fingerprint density at radius 2 is 1.96 bits per heavy atom. The van der Waals surface area contributed by atoms with Crippen molar-refractivity contribution >= 4 is 5.91 Å². The molecule has 0 aliphatic heterocycles. The van der Waals surface area contributed by atoms with Crippen molar-refractivity contribution in [1.82, 2.24) is 5.32 Å². The van der Waals surface area contributed by atoms with Gasteiger partial charge in [-0.15, -0.1) is 0 Å². The smallest absolute Gasteiger partial charge is 0.387 e. The third-order valence-corrected chi connectivity index (χ3v) is 3.02. The van der Waals surface area contributed by atoms with Gasteiger partial charge in [-0.1, -0.05) is 30.3 Å². The minimum absolute atomic E-state index is 0.0439. The Hall–Kier alpha value is -2.63. The number of amides is 1. The predicted octanol–water partition coefficient (Wildman–Crippen LogP) is 3.29. The molecule has 0 saturated heterocycles. The van der Waals surface area contributed by atoms with Crippen molar-refractivity contribution in [2.24, 2.45) is 0 Å². The number of hydrogen-bond acceptors (Lipinski definition) is 3. The molecule has 1 amide bonds. The Kier molecular flexibility index (Phi) is 5.91. The van der Waals surface area contributed by atoms with E-state index in [1.807, 2.05) is 25.1 Å². The van der Waals surface area contributed by atoms with Gasteiger partial charge in [0.25, 0.3) is 5.91 Å². The lowest BCUT2D eigenvalue weighted by Crippen LogP contribution is -2.28. The SMILES string of the molecule is Cc1cccc(OCC(=O)NCc2ccccc2OC(F)F)c1. The van der Waals surface area contributed by atoms with Crippen molar-refractivity contribution in [3.63, 3.8) is 0 Å². The van der Waals surface area contributed by atoms with Crippen LogP contribution >= 0.6 is 0 Å². The van der Waals surface area contributed by atoms with Crippen LogP contribution in [0.3, 0.4) is 0 Å². The van der Waals surface area contributed by atoms with Gasteiger partial charge in [-0.2, -0.15) is 8.78 Å². The molecule has 0 aliphatic rings. The molecule has 0 spiro atoms. The van der Waals surface area contributed by atoms with Gasteiger partial charge < -0.3 is 14.8 Å². The van der Waals surface area contributed by atoms with Crippen LogP contribution in [0.2, 0.25) is 0 Å². The van der Waals surface area contributed by atoms with Crippen LogP contribution in [-0.4, -0.2) is 19.1 Å². The summed E-state index contributed by atoms with van der Waals surface area (Å²) < 4.78 is 34.4. The summed E-state index contributed by atoms with van der Waals surface area (Å²) in [6, 6.07) is 13.6. The monoisotopic (exact) mass is 321 g/mol. The molecule has 2 rings (SSSR count). The highest BCUT2D eigenvalue weighted by Gasteiger charge is 2.10. The van der Waals surface area contributed by atoms with Gasteiger partial charge in [0.05, 0.1) is 0 Å². The lowest BCUT2D eigenvalue weighted by molar-refractivity contribution is -0.123. The number of benzene rings is 2. The maximum atomic E-state index is 12.3. The minimum Gasteiger partial charge on any atom is -0.484 e. The number of hydrogen-bond donors (Lipinski definition) is 1. The van der Waals surface area contributed by atoms with Crippen molar-refractivity contribution in [2.45, 2.75) is 20.1 Å². The summed E-state index contributed by atoms with van der Waals surface area (Å²) in [5, 5.41) is 2.61. The molecule has 0 aliphatic carbocycles. The van der Waals surface area contributed by atoms with Crippen LogP contribution in [0.25, 0.3) is 0 Å². The number of nitrogens with one attached hydrogen (secondary N) is 1. The third-order valence-electron chi connectivity index (χ3n) is 3.02. The van der Waals surface area contributed by atoms with Gasteiger partial charge in [-0.05, 0) is 30.7 Å². The number of aryl methyl sites for hydroxylation is 1. The quantitative estimate of drug-likeness (QED) is 0.851. The highest BCUT2D eigenvalue weighted by atomic mass is 19.3. The Morgan fingerprint density at radius 3 is 2.70 bits per heavy atom. The number of carbonyl (C=O) groups excluding carboxylic acids is 1. The molecule has 122 valence electrons. The fraction of sp³-hybridized carbons (Fsp3) is 0.235. The second-order valence-corrected chi connectivity index (χ2v) is 4.87.